The number of thiazole rings is 1. The summed E-state index contributed by atoms with van der Waals surface area (Å²) < 4.78 is 26.0. The van der Waals surface area contributed by atoms with Crippen molar-refractivity contribution in [3.8, 4) is 11.4 Å². The van der Waals surface area contributed by atoms with E-state index in [2.05, 4.69) is 26.6 Å². The number of esters is 1. The smallest absolute Gasteiger partial charge is 0.340 e. The van der Waals surface area contributed by atoms with E-state index >= 15 is 0 Å². The fourth-order valence-corrected chi connectivity index (χ4v) is 6.99. The van der Waals surface area contributed by atoms with E-state index in [0.717, 1.165) is 67.7 Å². The molecular formula is C30H29BrN2O5S2. The van der Waals surface area contributed by atoms with Gasteiger partial charge in [-0.3, -0.25) is 0 Å². The number of carbonyl (C=O) groups is 1. The summed E-state index contributed by atoms with van der Waals surface area (Å²) >= 11 is 6.89. The highest BCUT2D eigenvalue weighted by molar-refractivity contribution is 9.10. The molecule has 3 heterocycles. The first-order chi connectivity index (χ1) is 19.6. The van der Waals surface area contributed by atoms with E-state index in [-0.39, 0.29) is 5.97 Å². The molecule has 0 N–H and O–H groups in total. The second-order valence-corrected chi connectivity index (χ2v) is 11.8. The predicted octanol–water partition coefficient (Wildman–Crippen LogP) is 7.51. The number of rotatable bonds is 7. The van der Waals surface area contributed by atoms with Gasteiger partial charge in [0, 0.05) is 22.5 Å². The molecule has 0 aliphatic carbocycles. The Kier molecular flexibility index (Phi) is 9.77. The molecule has 7 nitrogen and oxygen atoms in total. The number of para-hydroxylation sites is 2. The average molecular weight is 642 g/mol. The van der Waals surface area contributed by atoms with Crippen LogP contribution in [0, 0.1) is 0 Å². The Labute approximate surface area is 249 Å². The van der Waals surface area contributed by atoms with Gasteiger partial charge in [-0.05, 0) is 59.3 Å². The quantitative estimate of drug-likeness (QED) is 0.135. The van der Waals surface area contributed by atoms with Gasteiger partial charge in [0.15, 0.2) is 4.34 Å². The molecule has 0 amide bonds. The minimum Gasteiger partial charge on any atom is -0.496 e. The molecule has 0 spiro atoms. The Hall–Kier alpha value is -2.89. The first-order valence-electron chi connectivity index (χ1n) is 12.9. The van der Waals surface area contributed by atoms with Crippen LogP contribution in [0.25, 0.3) is 26.8 Å². The second kappa shape index (κ2) is 13.6. The Bertz CT molecular complexity index is 1550. The van der Waals surface area contributed by atoms with Crippen LogP contribution < -0.4 is 4.74 Å². The Balaban J connectivity index is 0.000000477. The van der Waals surface area contributed by atoms with Crippen molar-refractivity contribution in [2.75, 3.05) is 40.1 Å². The molecule has 3 aromatic carbocycles. The van der Waals surface area contributed by atoms with Crippen molar-refractivity contribution >= 4 is 66.1 Å². The first kappa shape index (κ1) is 28.6. The fraction of sp³-hybridized carbons (Fsp3) is 0.267. The van der Waals surface area contributed by atoms with Crippen LogP contribution >= 0.6 is 39.0 Å². The van der Waals surface area contributed by atoms with E-state index in [4.69, 9.17) is 23.9 Å². The minimum absolute atomic E-state index is 0.301. The number of nitrogens with zero attached hydrogens (tertiary/aromatic N) is 2. The van der Waals surface area contributed by atoms with E-state index in [1.807, 2.05) is 67.6 Å². The maximum absolute atomic E-state index is 13.3. The lowest BCUT2D eigenvalue weighted by Crippen LogP contribution is -2.16. The number of methoxy groups -OCH3 is 1. The van der Waals surface area contributed by atoms with E-state index in [1.165, 1.54) is 0 Å². The number of halogens is 1. The SMILES string of the molecule is C1COCCO1.CCOC(=O)c1c(CSc2nc3ccccc3s2)n(-c2ccccc2)c2cc(Br)c(OC)cc12. The largest absolute Gasteiger partial charge is 0.496 e. The third-order valence-electron chi connectivity index (χ3n) is 6.18. The van der Waals surface area contributed by atoms with Crippen LogP contribution in [0.4, 0.5) is 0 Å². The Morgan fingerprint density at radius 1 is 1.05 bits per heavy atom. The number of hydrogen-bond donors (Lipinski definition) is 0. The molecular weight excluding hydrogens is 612 g/mol. The van der Waals surface area contributed by atoms with Crippen LogP contribution in [0.1, 0.15) is 23.0 Å². The molecule has 2 aromatic heterocycles. The van der Waals surface area contributed by atoms with Crippen LogP contribution in [0.5, 0.6) is 5.75 Å². The molecule has 6 rings (SSSR count). The van der Waals surface area contributed by atoms with Crippen LogP contribution in [-0.2, 0) is 20.0 Å². The Morgan fingerprint density at radius 3 is 2.40 bits per heavy atom. The first-order valence-corrected chi connectivity index (χ1v) is 15.5. The molecule has 208 valence electrons. The van der Waals surface area contributed by atoms with Gasteiger partial charge in [0.1, 0.15) is 5.75 Å². The van der Waals surface area contributed by atoms with Crippen LogP contribution in [0.3, 0.4) is 0 Å². The number of fused-ring (bicyclic) bond motifs is 2. The molecule has 40 heavy (non-hydrogen) atoms. The normalized spacial score (nSPS) is 13.2. The molecule has 1 aliphatic rings. The van der Waals surface area contributed by atoms with E-state index in [9.17, 15) is 4.79 Å². The van der Waals surface area contributed by atoms with Gasteiger partial charge in [0.05, 0.1) is 65.9 Å². The monoisotopic (exact) mass is 640 g/mol. The molecule has 1 saturated heterocycles. The van der Waals surface area contributed by atoms with Gasteiger partial charge in [-0.15, -0.1) is 11.3 Å². The van der Waals surface area contributed by atoms with Crippen LogP contribution in [0.15, 0.2) is 75.5 Å². The maximum Gasteiger partial charge on any atom is 0.340 e. The van der Waals surface area contributed by atoms with Crippen LogP contribution in [-0.4, -0.2) is 55.7 Å². The molecule has 0 unspecified atom stereocenters. The van der Waals surface area contributed by atoms with E-state index in [1.54, 1.807) is 30.2 Å². The molecule has 10 heteroatoms. The summed E-state index contributed by atoms with van der Waals surface area (Å²) in [6, 6.07) is 22.1. The molecule has 0 atom stereocenters. The van der Waals surface area contributed by atoms with Crippen molar-refractivity contribution in [3.63, 3.8) is 0 Å². The van der Waals surface area contributed by atoms with Gasteiger partial charge < -0.3 is 23.5 Å². The highest BCUT2D eigenvalue weighted by atomic mass is 79.9. The molecule has 5 aromatic rings. The number of hydrogen-bond acceptors (Lipinski definition) is 8. The van der Waals surface area contributed by atoms with Crippen molar-refractivity contribution < 1.29 is 23.7 Å². The predicted molar refractivity (Wildman–Crippen MR) is 164 cm³/mol. The van der Waals surface area contributed by atoms with E-state index in [0.29, 0.717) is 23.7 Å². The Morgan fingerprint density at radius 2 is 1.75 bits per heavy atom. The highest BCUT2D eigenvalue weighted by Gasteiger charge is 2.26. The molecule has 0 saturated carbocycles. The fourth-order valence-electron chi connectivity index (χ4n) is 4.42. The zero-order chi connectivity index (χ0) is 27.9. The van der Waals surface area contributed by atoms with Crippen molar-refractivity contribution in [1.29, 1.82) is 0 Å². The van der Waals surface area contributed by atoms with Crippen molar-refractivity contribution in [3.05, 3.63) is 82.5 Å². The summed E-state index contributed by atoms with van der Waals surface area (Å²) in [7, 11) is 1.62. The lowest BCUT2D eigenvalue weighted by Gasteiger charge is -2.12. The summed E-state index contributed by atoms with van der Waals surface area (Å²) in [6.45, 7) is 5.23. The van der Waals surface area contributed by atoms with E-state index < -0.39 is 0 Å². The van der Waals surface area contributed by atoms with Crippen molar-refractivity contribution in [1.82, 2.24) is 9.55 Å². The molecule has 1 aliphatic heterocycles. The highest BCUT2D eigenvalue weighted by Crippen LogP contribution is 2.40. The topological polar surface area (TPSA) is 71.8 Å². The van der Waals surface area contributed by atoms with Gasteiger partial charge >= 0.3 is 5.97 Å². The molecule has 0 bridgehead atoms. The number of ether oxygens (including phenoxy) is 4. The van der Waals surface area contributed by atoms with Crippen molar-refractivity contribution in [2.45, 2.75) is 17.0 Å². The van der Waals surface area contributed by atoms with Crippen LogP contribution in [0.2, 0.25) is 0 Å². The van der Waals surface area contributed by atoms with Gasteiger partial charge in [-0.1, -0.05) is 42.1 Å². The number of benzene rings is 3. The van der Waals surface area contributed by atoms with Crippen molar-refractivity contribution in [2.24, 2.45) is 0 Å². The summed E-state index contributed by atoms with van der Waals surface area (Å²) in [6.07, 6.45) is 0. The number of aromatic nitrogens is 2. The third kappa shape index (κ3) is 6.37. The molecule has 0 radical (unpaired) electrons. The summed E-state index contributed by atoms with van der Waals surface area (Å²) in [5.74, 6) is 0.873. The zero-order valence-electron chi connectivity index (χ0n) is 22.2. The summed E-state index contributed by atoms with van der Waals surface area (Å²) in [5, 5.41) is 0.794. The minimum atomic E-state index is -0.341. The molecule has 1 fully saturated rings. The lowest BCUT2D eigenvalue weighted by molar-refractivity contribution is -0.0334. The number of carbonyl (C=O) groups excluding carboxylic acids is 1. The maximum atomic E-state index is 13.3. The lowest BCUT2D eigenvalue weighted by atomic mass is 10.1. The third-order valence-corrected chi connectivity index (χ3v) is 8.99. The summed E-state index contributed by atoms with van der Waals surface area (Å²) in [4.78, 5) is 18.0. The van der Waals surface area contributed by atoms with Gasteiger partial charge in [-0.2, -0.15) is 0 Å². The van der Waals surface area contributed by atoms with Gasteiger partial charge in [-0.25, -0.2) is 9.78 Å². The summed E-state index contributed by atoms with van der Waals surface area (Å²) in [5.41, 5.74) is 4.28. The average Bonchev–Trinajstić information content (AvgIpc) is 3.55. The zero-order valence-corrected chi connectivity index (χ0v) is 25.4. The number of thioether (sulfide) groups is 1. The van der Waals surface area contributed by atoms with Gasteiger partial charge in [0.2, 0.25) is 0 Å². The van der Waals surface area contributed by atoms with Gasteiger partial charge in [0.25, 0.3) is 0 Å². The second-order valence-electron chi connectivity index (χ2n) is 8.68. The standard InChI is InChI=1S/C26H21BrN2O3S2.C4H8O2/c1-3-32-25(30)24-17-13-22(31-2)18(27)14-20(17)29(16-9-5-4-6-10-16)21(24)15-33-26-28-19-11-7-8-12-23(19)34-26;1-2-6-4-3-5-1/h4-14H,3,15H2,1-2H3;1-4H2.